The molecule has 0 amide bonds. The van der Waals surface area contributed by atoms with E-state index in [0.29, 0.717) is 12.6 Å². The third kappa shape index (κ3) is 2.42. The fraction of sp³-hybridized carbons (Fsp3) is 0.357. The summed E-state index contributed by atoms with van der Waals surface area (Å²) in [7, 11) is 0. The predicted octanol–water partition coefficient (Wildman–Crippen LogP) is 1.47. The van der Waals surface area contributed by atoms with Crippen LogP contribution in [-0.4, -0.2) is 34.1 Å². The lowest BCUT2D eigenvalue weighted by Gasteiger charge is -2.23. The molecule has 98 valence electrons. The number of rotatable bonds is 3. The Labute approximate surface area is 112 Å². The summed E-state index contributed by atoms with van der Waals surface area (Å²) >= 11 is 0. The molecule has 0 saturated carbocycles. The van der Waals surface area contributed by atoms with Crippen molar-refractivity contribution >= 4 is 5.95 Å². The Morgan fingerprint density at radius 2 is 2.26 bits per heavy atom. The largest absolute Gasteiger partial charge is 0.337 e. The molecule has 5 nitrogen and oxygen atoms in total. The first-order valence-electron chi connectivity index (χ1n) is 6.58. The average molecular weight is 255 g/mol. The van der Waals surface area contributed by atoms with Crippen LogP contribution in [0.2, 0.25) is 0 Å². The van der Waals surface area contributed by atoms with Gasteiger partial charge in [-0.25, -0.2) is 9.97 Å². The molecule has 3 heterocycles. The van der Waals surface area contributed by atoms with E-state index in [2.05, 4.69) is 19.9 Å². The van der Waals surface area contributed by atoms with Crippen LogP contribution < -0.4 is 10.6 Å². The molecule has 3 rings (SSSR count). The summed E-state index contributed by atoms with van der Waals surface area (Å²) in [5.74, 6) is 0.773. The van der Waals surface area contributed by atoms with Gasteiger partial charge in [0, 0.05) is 43.3 Å². The highest BCUT2D eigenvalue weighted by molar-refractivity contribution is 5.58. The zero-order valence-corrected chi connectivity index (χ0v) is 10.7. The van der Waals surface area contributed by atoms with Gasteiger partial charge in [0.1, 0.15) is 0 Å². The van der Waals surface area contributed by atoms with Gasteiger partial charge in [-0.1, -0.05) is 0 Å². The zero-order chi connectivity index (χ0) is 13.1. The molecule has 1 aliphatic heterocycles. The smallest absolute Gasteiger partial charge is 0.226 e. The molecule has 1 saturated heterocycles. The Kier molecular flexibility index (Phi) is 3.37. The molecule has 2 N–H and O–H groups in total. The molecule has 0 radical (unpaired) electrons. The number of nitrogens with two attached hydrogens (primary N) is 1. The number of aromatic nitrogens is 3. The van der Waals surface area contributed by atoms with Crippen molar-refractivity contribution in [2.75, 3.05) is 18.0 Å². The lowest BCUT2D eigenvalue weighted by Crippen LogP contribution is -2.36. The number of nitrogens with zero attached hydrogens (tertiary/aromatic N) is 4. The maximum absolute atomic E-state index is 5.80. The molecule has 1 atom stereocenters. The van der Waals surface area contributed by atoms with Crippen LogP contribution in [-0.2, 0) is 0 Å². The van der Waals surface area contributed by atoms with Crippen molar-refractivity contribution in [3.8, 4) is 11.3 Å². The molecule has 0 spiro atoms. The molecule has 1 aliphatic rings. The predicted molar refractivity (Wildman–Crippen MR) is 74.7 cm³/mol. The summed E-state index contributed by atoms with van der Waals surface area (Å²) in [6.45, 7) is 1.64. The molecule has 1 fully saturated rings. The van der Waals surface area contributed by atoms with E-state index in [1.54, 1.807) is 12.4 Å². The number of hydrogen-bond donors (Lipinski definition) is 1. The molecule has 2 aromatic heterocycles. The van der Waals surface area contributed by atoms with Crippen molar-refractivity contribution in [2.24, 2.45) is 5.73 Å². The lowest BCUT2D eigenvalue weighted by atomic mass is 10.2. The fourth-order valence-corrected chi connectivity index (χ4v) is 2.51. The van der Waals surface area contributed by atoms with E-state index in [1.165, 1.54) is 0 Å². The Balaban J connectivity index is 1.92. The van der Waals surface area contributed by atoms with Crippen LogP contribution in [0.3, 0.4) is 0 Å². The Morgan fingerprint density at radius 1 is 1.32 bits per heavy atom. The zero-order valence-electron chi connectivity index (χ0n) is 10.7. The monoisotopic (exact) mass is 255 g/mol. The molecule has 2 aromatic rings. The van der Waals surface area contributed by atoms with Gasteiger partial charge in [0.05, 0.1) is 5.69 Å². The average Bonchev–Trinajstić information content (AvgIpc) is 2.97. The quantitative estimate of drug-likeness (QED) is 0.899. The highest BCUT2D eigenvalue weighted by atomic mass is 15.3. The SMILES string of the molecule is NCC1CCCN1c1nccc(-c2cccnc2)n1. The summed E-state index contributed by atoms with van der Waals surface area (Å²) in [5, 5.41) is 0. The molecular weight excluding hydrogens is 238 g/mol. The van der Waals surface area contributed by atoms with Gasteiger partial charge in [0.2, 0.25) is 5.95 Å². The van der Waals surface area contributed by atoms with Crippen molar-refractivity contribution in [3.05, 3.63) is 36.8 Å². The Morgan fingerprint density at radius 3 is 3.05 bits per heavy atom. The van der Waals surface area contributed by atoms with E-state index in [4.69, 9.17) is 5.73 Å². The minimum Gasteiger partial charge on any atom is -0.337 e. The fourth-order valence-electron chi connectivity index (χ4n) is 2.51. The van der Waals surface area contributed by atoms with E-state index < -0.39 is 0 Å². The van der Waals surface area contributed by atoms with Crippen molar-refractivity contribution in [1.82, 2.24) is 15.0 Å². The standard InChI is InChI=1S/C14H17N5/c15-9-12-4-2-8-19(12)14-17-7-5-13(18-14)11-3-1-6-16-10-11/h1,3,5-7,10,12H,2,4,8-9,15H2. The highest BCUT2D eigenvalue weighted by Gasteiger charge is 2.25. The number of pyridine rings is 1. The Bertz CT molecular complexity index is 543. The maximum atomic E-state index is 5.80. The summed E-state index contributed by atoms with van der Waals surface area (Å²) in [6, 6.07) is 6.19. The van der Waals surface area contributed by atoms with Crippen LogP contribution in [0, 0.1) is 0 Å². The first kappa shape index (κ1) is 12.0. The normalized spacial score (nSPS) is 18.8. The van der Waals surface area contributed by atoms with Crippen molar-refractivity contribution < 1.29 is 0 Å². The molecule has 19 heavy (non-hydrogen) atoms. The molecule has 0 aromatic carbocycles. The third-order valence-electron chi connectivity index (χ3n) is 3.51. The second-order valence-electron chi connectivity index (χ2n) is 4.71. The third-order valence-corrected chi connectivity index (χ3v) is 3.51. The maximum Gasteiger partial charge on any atom is 0.226 e. The molecule has 0 aliphatic carbocycles. The minimum absolute atomic E-state index is 0.365. The van der Waals surface area contributed by atoms with Gasteiger partial charge in [-0.2, -0.15) is 0 Å². The van der Waals surface area contributed by atoms with E-state index in [-0.39, 0.29) is 0 Å². The lowest BCUT2D eigenvalue weighted by molar-refractivity contribution is 0.664. The van der Waals surface area contributed by atoms with Gasteiger partial charge in [-0.15, -0.1) is 0 Å². The molecule has 1 unspecified atom stereocenters. The van der Waals surface area contributed by atoms with Crippen LogP contribution in [0.1, 0.15) is 12.8 Å². The van der Waals surface area contributed by atoms with Crippen LogP contribution in [0.15, 0.2) is 36.8 Å². The topological polar surface area (TPSA) is 67.9 Å². The highest BCUT2D eigenvalue weighted by Crippen LogP contribution is 2.23. The summed E-state index contributed by atoms with van der Waals surface area (Å²) in [5.41, 5.74) is 7.72. The minimum atomic E-state index is 0.365. The van der Waals surface area contributed by atoms with Crippen LogP contribution >= 0.6 is 0 Å². The van der Waals surface area contributed by atoms with E-state index in [9.17, 15) is 0 Å². The van der Waals surface area contributed by atoms with E-state index in [1.807, 2.05) is 24.4 Å². The van der Waals surface area contributed by atoms with Gasteiger partial charge in [-0.05, 0) is 31.0 Å². The first-order chi connectivity index (χ1) is 9.38. The summed E-state index contributed by atoms with van der Waals surface area (Å²) in [6.07, 6.45) is 7.66. The van der Waals surface area contributed by atoms with Crippen molar-refractivity contribution in [3.63, 3.8) is 0 Å². The second kappa shape index (κ2) is 5.32. The molecule has 5 heteroatoms. The van der Waals surface area contributed by atoms with Gasteiger partial charge < -0.3 is 10.6 Å². The molecular formula is C14H17N5. The van der Waals surface area contributed by atoms with Gasteiger partial charge in [0.25, 0.3) is 0 Å². The van der Waals surface area contributed by atoms with E-state index in [0.717, 1.165) is 36.6 Å². The van der Waals surface area contributed by atoms with Gasteiger partial charge >= 0.3 is 0 Å². The summed E-state index contributed by atoms with van der Waals surface area (Å²) < 4.78 is 0. The number of hydrogen-bond acceptors (Lipinski definition) is 5. The van der Waals surface area contributed by atoms with E-state index >= 15 is 0 Å². The van der Waals surface area contributed by atoms with Gasteiger partial charge in [0.15, 0.2) is 0 Å². The van der Waals surface area contributed by atoms with Gasteiger partial charge in [-0.3, -0.25) is 4.98 Å². The second-order valence-corrected chi connectivity index (χ2v) is 4.71. The Hall–Kier alpha value is -2.01. The van der Waals surface area contributed by atoms with Crippen LogP contribution in [0.25, 0.3) is 11.3 Å². The van der Waals surface area contributed by atoms with Crippen molar-refractivity contribution in [1.29, 1.82) is 0 Å². The van der Waals surface area contributed by atoms with Crippen LogP contribution in [0.5, 0.6) is 0 Å². The first-order valence-corrected chi connectivity index (χ1v) is 6.58. The van der Waals surface area contributed by atoms with Crippen LogP contribution in [0.4, 0.5) is 5.95 Å². The number of anilines is 1. The summed E-state index contributed by atoms with van der Waals surface area (Å²) in [4.78, 5) is 15.4. The van der Waals surface area contributed by atoms with Crippen molar-refractivity contribution in [2.45, 2.75) is 18.9 Å². The molecule has 0 bridgehead atoms.